The van der Waals surface area contributed by atoms with Crippen molar-refractivity contribution in [1.29, 1.82) is 0 Å². The lowest BCUT2D eigenvalue weighted by molar-refractivity contribution is -0.385. The topological polar surface area (TPSA) is 101 Å². The zero-order chi connectivity index (χ0) is 13.7. The SMILES string of the molecule is CNC(=O)CNC(=O)c1cc(F)ccc1[N+](=O)[O-]. The van der Waals surface area contributed by atoms with Crippen LogP contribution >= 0.6 is 0 Å². The minimum Gasteiger partial charge on any atom is -0.358 e. The van der Waals surface area contributed by atoms with Gasteiger partial charge >= 0.3 is 0 Å². The normalized spacial score (nSPS) is 9.67. The van der Waals surface area contributed by atoms with Crippen molar-refractivity contribution in [3.63, 3.8) is 0 Å². The van der Waals surface area contributed by atoms with Gasteiger partial charge in [0.15, 0.2) is 0 Å². The van der Waals surface area contributed by atoms with Crippen LogP contribution in [0.2, 0.25) is 0 Å². The number of nitrogens with one attached hydrogen (secondary N) is 2. The lowest BCUT2D eigenvalue weighted by atomic mass is 10.1. The highest BCUT2D eigenvalue weighted by Crippen LogP contribution is 2.19. The molecule has 0 saturated heterocycles. The average Bonchev–Trinajstić information content (AvgIpc) is 2.34. The van der Waals surface area contributed by atoms with Crippen molar-refractivity contribution >= 4 is 17.5 Å². The van der Waals surface area contributed by atoms with Crippen LogP contribution in [0.3, 0.4) is 0 Å². The van der Waals surface area contributed by atoms with E-state index in [9.17, 15) is 24.1 Å². The van der Waals surface area contributed by atoms with Gasteiger partial charge in [0, 0.05) is 13.1 Å². The monoisotopic (exact) mass is 255 g/mol. The molecule has 2 amide bonds. The van der Waals surface area contributed by atoms with Crippen LogP contribution in [-0.4, -0.2) is 30.3 Å². The van der Waals surface area contributed by atoms with E-state index in [1.54, 1.807) is 0 Å². The van der Waals surface area contributed by atoms with E-state index in [4.69, 9.17) is 0 Å². The number of amides is 2. The summed E-state index contributed by atoms with van der Waals surface area (Å²) in [4.78, 5) is 32.3. The number of rotatable bonds is 4. The summed E-state index contributed by atoms with van der Waals surface area (Å²) in [7, 11) is 1.37. The van der Waals surface area contributed by atoms with Gasteiger partial charge < -0.3 is 10.6 Å². The summed E-state index contributed by atoms with van der Waals surface area (Å²) in [6.45, 7) is -0.344. The quantitative estimate of drug-likeness (QED) is 0.593. The molecule has 1 rings (SSSR count). The molecule has 18 heavy (non-hydrogen) atoms. The molecule has 0 spiro atoms. The summed E-state index contributed by atoms with van der Waals surface area (Å²) in [5, 5.41) is 15.1. The molecule has 0 aliphatic rings. The number of carbonyl (C=O) groups is 2. The molecule has 0 saturated carbocycles. The first kappa shape index (κ1) is 13.6. The maximum atomic E-state index is 13.0. The van der Waals surface area contributed by atoms with Crippen molar-refractivity contribution in [2.45, 2.75) is 0 Å². The van der Waals surface area contributed by atoms with Crippen LogP contribution in [-0.2, 0) is 4.79 Å². The van der Waals surface area contributed by atoms with Crippen molar-refractivity contribution < 1.29 is 18.9 Å². The van der Waals surface area contributed by atoms with Crippen molar-refractivity contribution in [2.75, 3.05) is 13.6 Å². The lowest BCUT2D eigenvalue weighted by Crippen LogP contribution is -2.35. The fraction of sp³-hybridized carbons (Fsp3) is 0.200. The van der Waals surface area contributed by atoms with Gasteiger partial charge in [-0.2, -0.15) is 0 Å². The van der Waals surface area contributed by atoms with Crippen LogP contribution in [0, 0.1) is 15.9 Å². The highest BCUT2D eigenvalue weighted by atomic mass is 19.1. The van der Waals surface area contributed by atoms with E-state index in [0.29, 0.717) is 0 Å². The molecular formula is C10H10FN3O4. The van der Waals surface area contributed by atoms with Gasteiger partial charge in [0.1, 0.15) is 11.4 Å². The second kappa shape index (κ2) is 5.71. The van der Waals surface area contributed by atoms with E-state index in [0.717, 1.165) is 18.2 Å². The molecule has 0 radical (unpaired) electrons. The molecule has 0 aromatic heterocycles. The molecule has 0 fully saturated rings. The summed E-state index contributed by atoms with van der Waals surface area (Å²) in [6, 6.07) is 2.52. The molecular weight excluding hydrogens is 245 g/mol. The Morgan fingerprint density at radius 1 is 1.44 bits per heavy atom. The van der Waals surface area contributed by atoms with E-state index in [-0.39, 0.29) is 6.54 Å². The molecule has 0 aliphatic heterocycles. The molecule has 0 atom stereocenters. The van der Waals surface area contributed by atoms with Crippen LogP contribution in [0.15, 0.2) is 18.2 Å². The largest absolute Gasteiger partial charge is 0.358 e. The van der Waals surface area contributed by atoms with Gasteiger partial charge in [0.2, 0.25) is 5.91 Å². The summed E-state index contributed by atoms with van der Waals surface area (Å²) in [5.41, 5.74) is -0.949. The second-order valence-corrected chi connectivity index (χ2v) is 3.27. The second-order valence-electron chi connectivity index (χ2n) is 3.27. The Morgan fingerprint density at radius 3 is 2.67 bits per heavy atom. The molecule has 1 aromatic carbocycles. The number of carbonyl (C=O) groups excluding carboxylic acids is 2. The number of hydrogen-bond acceptors (Lipinski definition) is 4. The van der Waals surface area contributed by atoms with Gasteiger partial charge in [0.25, 0.3) is 11.6 Å². The van der Waals surface area contributed by atoms with Crippen LogP contribution in [0.5, 0.6) is 0 Å². The number of nitro groups is 1. The molecule has 1 aromatic rings. The summed E-state index contributed by atoms with van der Waals surface area (Å²) in [5.74, 6) is -2.13. The van der Waals surface area contributed by atoms with E-state index in [1.165, 1.54) is 7.05 Å². The number of likely N-dealkylation sites (N-methyl/N-ethyl adjacent to an activating group) is 1. The summed E-state index contributed by atoms with van der Waals surface area (Å²) < 4.78 is 13.0. The van der Waals surface area contributed by atoms with Crippen molar-refractivity contribution in [1.82, 2.24) is 10.6 Å². The van der Waals surface area contributed by atoms with Crippen LogP contribution in [0.1, 0.15) is 10.4 Å². The fourth-order valence-corrected chi connectivity index (χ4v) is 1.19. The predicted molar refractivity (Wildman–Crippen MR) is 59.5 cm³/mol. The number of hydrogen-bond donors (Lipinski definition) is 2. The zero-order valence-corrected chi connectivity index (χ0v) is 9.40. The van der Waals surface area contributed by atoms with E-state index in [1.807, 2.05) is 0 Å². The van der Waals surface area contributed by atoms with Crippen molar-refractivity contribution in [2.24, 2.45) is 0 Å². The Balaban J connectivity index is 2.93. The first-order chi connectivity index (χ1) is 8.45. The van der Waals surface area contributed by atoms with Crippen LogP contribution < -0.4 is 10.6 Å². The molecule has 0 bridgehead atoms. The van der Waals surface area contributed by atoms with Gasteiger partial charge in [0.05, 0.1) is 11.5 Å². The minimum absolute atomic E-state index is 0.344. The molecule has 96 valence electrons. The molecule has 7 nitrogen and oxygen atoms in total. The highest BCUT2D eigenvalue weighted by molar-refractivity contribution is 5.99. The predicted octanol–water partition coefficient (Wildman–Crippen LogP) is 0.210. The van der Waals surface area contributed by atoms with Crippen molar-refractivity contribution in [3.8, 4) is 0 Å². The molecule has 0 aliphatic carbocycles. The number of nitrogens with zero attached hydrogens (tertiary/aromatic N) is 1. The third-order valence-corrected chi connectivity index (χ3v) is 2.09. The Bertz CT molecular complexity index is 504. The fourth-order valence-electron chi connectivity index (χ4n) is 1.19. The van der Waals surface area contributed by atoms with Gasteiger partial charge in [-0.05, 0) is 12.1 Å². The third kappa shape index (κ3) is 3.24. The van der Waals surface area contributed by atoms with E-state index in [2.05, 4.69) is 10.6 Å². The molecule has 0 heterocycles. The smallest absolute Gasteiger partial charge is 0.282 e. The molecule has 0 unspecified atom stereocenters. The number of halogens is 1. The highest BCUT2D eigenvalue weighted by Gasteiger charge is 2.20. The summed E-state index contributed by atoms with van der Waals surface area (Å²) in [6.07, 6.45) is 0. The third-order valence-electron chi connectivity index (χ3n) is 2.09. The first-order valence-electron chi connectivity index (χ1n) is 4.88. The van der Waals surface area contributed by atoms with Gasteiger partial charge in [-0.15, -0.1) is 0 Å². The Hall–Kier alpha value is -2.51. The zero-order valence-electron chi connectivity index (χ0n) is 9.40. The standard InChI is InChI=1S/C10H10FN3O4/c1-12-9(15)5-13-10(16)7-4-6(11)2-3-8(7)14(17)18/h2-4H,5H2,1H3,(H,12,15)(H,13,16). The van der Waals surface area contributed by atoms with Crippen LogP contribution in [0.4, 0.5) is 10.1 Å². The minimum atomic E-state index is -0.884. The van der Waals surface area contributed by atoms with E-state index < -0.39 is 33.8 Å². The van der Waals surface area contributed by atoms with Gasteiger partial charge in [-0.25, -0.2) is 4.39 Å². The molecule has 2 N–H and O–H groups in total. The molecule has 8 heteroatoms. The average molecular weight is 255 g/mol. The van der Waals surface area contributed by atoms with Gasteiger partial charge in [-0.1, -0.05) is 0 Å². The maximum absolute atomic E-state index is 13.0. The number of benzene rings is 1. The first-order valence-corrected chi connectivity index (χ1v) is 4.88. The van der Waals surface area contributed by atoms with Crippen molar-refractivity contribution in [3.05, 3.63) is 39.7 Å². The van der Waals surface area contributed by atoms with Gasteiger partial charge in [-0.3, -0.25) is 19.7 Å². The lowest BCUT2D eigenvalue weighted by Gasteiger charge is -2.05. The number of nitro benzene ring substituents is 1. The summed E-state index contributed by atoms with van der Waals surface area (Å²) >= 11 is 0. The van der Waals surface area contributed by atoms with E-state index >= 15 is 0 Å². The maximum Gasteiger partial charge on any atom is 0.282 e. The Labute approximate surface area is 101 Å². The van der Waals surface area contributed by atoms with Crippen LogP contribution in [0.25, 0.3) is 0 Å². The Kier molecular flexibility index (Phi) is 4.30. The Morgan fingerprint density at radius 2 is 2.11 bits per heavy atom.